The molecule has 1 aliphatic rings. The van der Waals surface area contributed by atoms with Gasteiger partial charge in [0.05, 0.1) is 36.4 Å². The first kappa shape index (κ1) is 106. The van der Waals surface area contributed by atoms with Crippen molar-refractivity contribution < 1.29 is 106 Å². The first-order valence-corrected chi connectivity index (χ1v) is 40.7. The maximum atomic E-state index is 15.2. The number of carboxylic acids is 3. The second-order valence-corrected chi connectivity index (χ2v) is 33.5. The molecule has 0 aromatic heterocycles. The highest BCUT2D eigenvalue weighted by molar-refractivity contribution is 6.02. The highest BCUT2D eigenvalue weighted by Gasteiger charge is 2.44. The summed E-state index contributed by atoms with van der Waals surface area (Å²) in [6.45, 7) is 20.9. The third-order valence-electron chi connectivity index (χ3n) is 19.8. The number of nitrogens with zero attached hydrogens (tertiary/aromatic N) is 1. The zero-order valence-corrected chi connectivity index (χ0v) is 70.9. The number of aliphatic carboxylic acids is 3. The molecule has 0 bridgehead atoms. The van der Waals surface area contributed by atoms with Crippen LogP contribution in [0.25, 0.3) is 0 Å². The summed E-state index contributed by atoms with van der Waals surface area (Å²) in [5.41, 5.74) is 23.6. The molecule has 0 aromatic carbocycles. The molecule has 0 spiro atoms. The van der Waals surface area contributed by atoms with Crippen molar-refractivity contribution in [3.63, 3.8) is 0 Å². The van der Waals surface area contributed by atoms with Crippen LogP contribution >= 0.6 is 0 Å². The molecular weight excluding hydrogens is 1540 g/mol. The third kappa shape index (κ3) is 42.6. The van der Waals surface area contributed by atoms with E-state index in [-0.39, 0.29) is 113 Å². The van der Waals surface area contributed by atoms with E-state index in [1.807, 2.05) is 12.2 Å². The molecule has 0 saturated heterocycles. The van der Waals surface area contributed by atoms with E-state index in [0.29, 0.717) is 25.7 Å². The van der Waals surface area contributed by atoms with Gasteiger partial charge in [0.2, 0.25) is 76.8 Å². The molecule has 0 aromatic rings. The molecule has 38 nitrogen and oxygen atoms in total. The molecule has 13 atom stereocenters. The zero-order valence-electron chi connectivity index (χ0n) is 70.9. The molecule has 0 radical (unpaired) electrons. The van der Waals surface area contributed by atoms with E-state index in [9.17, 15) is 92.0 Å². The number of carbonyl (C=O) groups is 19. The van der Waals surface area contributed by atoms with Crippen LogP contribution in [0.2, 0.25) is 0 Å². The number of nitrogens with one attached hydrogen (secondary N) is 10. The number of rotatable bonds is 40. The monoisotopic (exact) mass is 1670 g/mol. The first-order chi connectivity index (χ1) is 54.9. The van der Waals surface area contributed by atoms with Crippen LogP contribution in [0.15, 0.2) is 17.1 Å². The van der Waals surface area contributed by atoms with Crippen LogP contribution in [0, 0.1) is 47.3 Å². The van der Waals surface area contributed by atoms with Crippen LogP contribution in [-0.2, 0) is 91.1 Å². The Morgan fingerprint density at radius 1 is 0.492 bits per heavy atom. The van der Waals surface area contributed by atoms with Gasteiger partial charge in [0.15, 0.2) is 23.3 Å². The number of hydrogen-bond donors (Lipinski definition) is 18. The third-order valence-corrected chi connectivity index (χ3v) is 19.8. The van der Waals surface area contributed by atoms with Gasteiger partial charge in [-0.15, -0.1) is 0 Å². The van der Waals surface area contributed by atoms with E-state index in [4.69, 9.17) is 28.7 Å². The van der Waals surface area contributed by atoms with Crippen LogP contribution < -0.4 is 81.8 Å². The Balaban J connectivity index is 4.48. The standard InChI is InChI=1S/C80H134N16O22/c1-43(2)32-51(38-61(99)55(41-64(82)102)87-48(11)97)70(111)95-79(12)29-21-19-17-15-14-16-18-20-22-30-80(13,77(118)94-53(26-28-66(105)106)72(113)89-54(33-44(3)4)60(98)37-50(68(83)109)40-63(81)101)96-76(117)58(36-47(9)10)92-74(115)57(35-46(7)8)91-71(112)52(24-23-31-86-78(84)85)88-75(116)59(42-67(107)108)93-73(114)56(34-45(5)6)90-69(110)49(39-62(79)100)25-27-65(103)104/h16,18,43-47,49-59H,14-15,17,19-42H2,1-13H3,(H2,81,101)(H2,82,102)(H2,83,109)(H,87,97)(H,88,116)(H,89,113)(H,90,110)(H,91,112)(H,92,115)(H,93,114)(H,94,118)(H,95,111)(H,96,117)(H,103,104)(H,105,106)(H,107,108)(H4,84,85,86)/b18-16+/t49-,50+,51-,52+,53+,54+,55+,56+,57+,58+,59+,79-,80+/m1/s1. The molecule has 666 valence electrons. The number of Topliss-reactive ketones (excluding diaryl/α,β-unsaturated/α-hetero) is 3. The van der Waals surface area contributed by atoms with Crippen LogP contribution in [0.5, 0.6) is 0 Å². The van der Waals surface area contributed by atoms with Gasteiger partial charge < -0.3 is 97.2 Å². The SMILES string of the molecule is CC(=O)N[C@@H](CC(N)=O)C(=O)C[C@@H](CC(C)C)C(=O)N[C@]1(C)CCCCCC/C=C/CCC[C@@](C)(C(=O)N[C@@H](CCC(=O)O)C(=O)N[C@@H](CC(C)C)C(=O)C[C@@H](CC(N)=O)C(N)=O)NC(=O)[C@H](CC(C)C)NC(=O)[C@H](CC(C)C)NC(=O)[C@H](CCCN=C(N)N)NC(=O)[C@H](CC(=O)O)NC(=O)[C@H](CC(C)C)NC(=O)[C@H](CCC(=O)O)CC1=O. The summed E-state index contributed by atoms with van der Waals surface area (Å²) in [5, 5.41) is 56.1. The number of carbonyl (C=O) groups excluding carboxylic acids is 16. The second kappa shape index (κ2) is 53.1. The molecule has 23 N–H and O–H groups in total. The second-order valence-electron chi connectivity index (χ2n) is 33.5. The van der Waals surface area contributed by atoms with Gasteiger partial charge in [-0.05, 0) is 140 Å². The number of carboxylic acid groups (broad SMARTS) is 3. The number of nitrogens with two attached hydrogens (primary N) is 5. The van der Waals surface area contributed by atoms with Crippen molar-refractivity contribution >= 4 is 118 Å². The zero-order chi connectivity index (χ0) is 90.1. The van der Waals surface area contributed by atoms with Gasteiger partial charge in [0, 0.05) is 63.8 Å². The Bertz CT molecular complexity index is 3530. The fourth-order valence-electron chi connectivity index (χ4n) is 13.6. The molecule has 0 fully saturated rings. The van der Waals surface area contributed by atoms with Gasteiger partial charge >= 0.3 is 17.9 Å². The summed E-state index contributed by atoms with van der Waals surface area (Å²) in [6, 6.07) is -12.8. The molecule has 1 rings (SSSR count). The van der Waals surface area contributed by atoms with Gasteiger partial charge in [-0.25, -0.2) is 0 Å². The summed E-state index contributed by atoms with van der Waals surface area (Å²) >= 11 is 0. The summed E-state index contributed by atoms with van der Waals surface area (Å²) < 4.78 is 0. The molecule has 13 amide bonds. The van der Waals surface area contributed by atoms with Gasteiger partial charge in [0.25, 0.3) is 0 Å². The summed E-state index contributed by atoms with van der Waals surface area (Å²) in [6.07, 6.45) is -1.28. The van der Waals surface area contributed by atoms with Crippen molar-refractivity contribution in [2.45, 2.75) is 316 Å². The minimum absolute atomic E-state index is 0.0306. The van der Waals surface area contributed by atoms with Crippen molar-refractivity contribution in [1.29, 1.82) is 0 Å². The molecule has 38 heteroatoms. The molecule has 0 aliphatic carbocycles. The summed E-state index contributed by atoms with van der Waals surface area (Å²) in [7, 11) is 0. The lowest BCUT2D eigenvalue weighted by Crippen LogP contribution is -2.64. The number of ketones is 3. The molecule has 118 heavy (non-hydrogen) atoms. The predicted octanol–water partition coefficient (Wildman–Crippen LogP) is 1.17. The number of aliphatic imine (C=N–C) groups is 1. The van der Waals surface area contributed by atoms with Gasteiger partial charge in [-0.2, -0.15) is 0 Å². The first-order valence-electron chi connectivity index (χ1n) is 40.7. The Labute approximate surface area is 690 Å². The van der Waals surface area contributed by atoms with Crippen LogP contribution in [0.1, 0.15) is 257 Å². The molecular formula is C80H134N16O22. The summed E-state index contributed by atoms with van der Waals surface area (Å²) in [5.74, 6) is -25.4. The van der Waals surface area contributed by atoms with Gasteiger partial charge in [0.1, 0.15) is 41.8 Å². The Hall–Kier alpha value is -10.5. The smallest absolute Gasteiger partial charge is 0.305 e. The lowest BCUT2D eigenvalue weighted by Gasteiger charge is -2.34. The van der Waals surface area contributed by atoms with Crippen LogP contribution in [0.3, 0.4) is 0 Å². The molecule has 0 saturated carbocycles. The summed E-state index contributed by atoms with van der Waals surface area (Å²) in [4.78, 5) is 265. The Kier molecular flexibility index (Phi) is 47.5. The molecule has 1 heterocycles. The van der Waals surface area contributed by atoms with E-state index in [1.54, 1.807) is 69.2 Å². The fraction of sp³-hybridized carbons (Fsp3) is 0.725. The van der Waals surface area contributed by atoms with E-state index in [1.165, 1.54) is 13.8 Å². The number of amides is 13. The van der Waals surface area contributed by atoms with E-state index >= 15 is 14.4 Å². The van der Waals surface area contributed by atoms with Crippen molar-refractivity contribution in [1.82, 2.24) is 53.2 Å². The van der Waals surface area contributed by atoms with Crippen molar-refractivity contribution in [2.24, 2.45) is 81.0 Å². The topological polar surface area (TPSA) is 648 Å². The lowest BCUT2D eigenvalue weighted by molar-refractivity contribution is -0.142. The minimum Gasteiger partial charge on any atom is -0.481 e. The van der Waals surface area contributed by atoms with E-state index < -0.39 is 259 Å². The molecule has 0 unspecified atom stereocenters. The normalized spacial score (nSPS) is 22.5. The van der Waals surface area contributed by atoms with Gasteiger partial charge in [-0.1, -0.05) is 101 Å². The lowest BCUT2D eigenvalue weighted by atomic mass is 9.81. The fourth-order valence-corrected chi connectivity index (χ4v) is 13.6. The maximum Gasteiger partial charge on any atom is 0.305 e. The average Bonchev–Trinajstić information content (AvgIpc) is 0.827. The van der Waals surface area contributed by atoms with Crippen molar-refractivity contribution in [3.8, 4) is 0 Å². The highest BCUT2D eigenvalue weighted by Crippen LogP contribution is 2.28. The van der Waals surface area contributed by atoms with E-state index in [2.05, 4.69) is 58.2 Å². The Morgan fingerprint density at radius 3 is 1.47 bits per heavy atom. The number of guanidine groups is 1. The maximum absolute atomic E-state index is 15.2. The minimum atomic E-state index is -2.02. The number of hydrogen-bond acceptors (Lipinski definition) is 20. The van der Waals surface area contributed by atoms with Crippen LogP contribution in [-0.4, -0.2) is 199 Å². The largest absolute Gasteiger partial charge is 0.481 e. The average molecular weight is 1670 g/mol. The number of allylic oxidation sites excluding steroid dienone is 2. The molecule has 1 aliphatic heterocycles. The number of primary amides is 3. The Morgan fingerprint density at radius 2 is 0.975 bits per heavy atom. The van der Waals surface area contributed by atoms with Gasteiger partial charge in [-0.3, -0.25) is 96.1 Å². The van der Waals surface area contributed by atoms with Crippen molar-refractivity contribution in [2.75, 3.05) is 6.54 Å². The van der Waals surface area contributed by atoms with Crippen molar-refractivity contribution in [3.05, 3.63) is 12.2 Å². The quantitative estimate of drug-likeness (QED) is 0.0177. The highest BCUT2D eigenvalue weighted by atomic mass is 16.4. The predicted molar refractivity (Wildman–Crippen MR) is 434 cm³/mol. The van der Waals surface area contributed by atoms with Crippen LogP contribution in [0.4, 0.5) is 0 Å². The van der Waals surface area contributed by atoms with E-state index in [0.717, 1.165) is 6.92 Å².